The number of halogens is 1. The topological polar surface area (TPSA) is 35.2 Å². The summed E-state index contributed by atoms with van der Waals surface area (Å²) in [5.41, 5.74) is 6.98. The molecule has 0 aliphatic heterocycles. The van der Waals surface area contributed by atoms with Crippen molar-refractivity contribution in [1.29, 1.82) is 0 Å². The lowest BCUT2D eigenvalue weighted by atomic mass is 10.1. The van der Waals surface area contributed by atoms with Gasteiger partial charge in [-0.1, -0.05) is 42.5 Å². The van der Waals surface area contributed by atoms with Crippen molar-refractivity contribution in [3.63, 3.8) is 0 Å². The zero-order valence-electron chi connectivity index (χ0n) is 11.7. The second-order valence-corrected chi connectivity index (χ2v) is 5.86. The molecule has 1 unspecified atom stereocenters. The highest BCUT2D eigenvalue weighted by Crippen LogP contribution is 2.36. The molecule has 0 heterocycles. The average molecular weight is 342 g/mol. The molecule has 21 heavy (non-hydrogen) atoms. The first-order valence-corrected chi connectivity index (χ1v) is 7.65. The van der Waals surface area contributed by atoms with Crippen molar-refractivity contribution in [3.8, 4) is 11.5 Å². The third-order valence-corrected chi connectivity index (χ3v) is 4.26. The van der Waals surface area contributed by atoms with Crippen LogP contribution in [0.25, 0.3) is 10.8 Å². The number of hydrogen-bond donors (Lipinski definition) is 1. The minimum atomic E-state index is -0.00593. The van der Waals surface area contributed by atoms with E-state index in [-0.39, 0.29) is 6.04 Å². The van der Waals surface area contributed by atoms with Crippen LogP contribution in [0, 0.1) is 0 Å². The maximum Gasteiger partial charge on any atom is 0.142 e. The van der Waals surface area contributed by atoms with Gasteiger partial charge >= 0.3 is 0 Å². The highest BCUT2D eigenvalue weighted by molar-refractivity contribution is 9.10. The summed E-state index contributed by atoms with van der Waals surface area (Å²) in [4.78, 5) is 0. The Kier molecular flexibility index (Phi) is 3.95. The number of benzene rings is 3. The Hall–Kier alpha value is -1.84. The molecule has 0 aromatic heterocycles. The van der Waals surface area contributed by atoms with Crippen LogP contribution >= 0.6 is 15.9 Å². The molecule has 0 aliphatic rings. The molecule has 0 bridgehead atoms. The van der Waals surface area contributed by atoms with Gasteiger partial charge in [0.2, 0.25) is 0 Å². The van der Waals surface area contributed by atoms with Gasteiger partial charge in [0, 0.05) is 6.04 Å². The summed E-state index contributed by atoms with van der Waals surface area (Å²) < 4.78 is 6.97. The molecule has 3 rings (SSSR count). The average Bonchev–Trinajstić information content (AvgIpc) is 2.51. The lowest BCUT2D eigenvalue weighted by Gasteiger charge is -2.12. The van der Waals surface area contributed by atoms with Gasteiger partial charge in [-0.2, -0.15) is 0 Å². The molecule has 0 radical (unpaired) electrons. The van der Waals surface area contributed by atoms with Crippen LogP contribution in [0.2, 0.25) is 0 Å². The van der Waals surface area contributed by atoms with Gasteiger partial charge in [-0.3, -0.25) is 0 Å². The summed E-state index contributed by atoms with van der Waals surface area (Å²) in [6.07, 6.45) is 0. The summed E-state index contributed by atoms with van der Waals surface area (Å²) in [6.45, 7) is 1.96. The lowest BCUT2D eigenvalue weighted by molar-refractivity contribution is 0.479. The van der Waals surface area contributed by atoms with E-state index in [0.717, 1.165) is 26.9 Å². The minimum Gasteiger partial charge on any atom is -0.456 e. The predicted molar refractivity (Wildman–Crippen MR) is 90.8 cm³/mol. The smallest absolute Gasteiger partial charge is 0.142 e. The van der Waals surface area contributed by atoms with Gasteiger partial charge in [0.05, 0.1) is 4.47 Å². The first-order chi connectivity index (χ1) is 10.1. The van der Waals surface area contributed by atoms with E-state index < -0.39 is 0 Å². The van der Waals surface area contributed by atoms with Crippen LogP contribution in [0.4, 0.5) is 0 Å². The number of fused-ring (bicyclic) bond motifs is 1. The number of nitrogens with two attached hydrogens (primary N) is 1. The van der Waals surface area contributed by atoms with Crippen LogP contribution in [0.3, 0.4) is 0 Å². The van der Waals surface area contributed by atoms with Gasteiger partial charge in [0.15, 0.2) is 0 Å². The molecule has 0 fully saturated rings. The maximum atomic E-state index is 6.01. The highest BCUT2D eigenvalue weighted by atomic mass is 79.9. The molecule has 106 valence electrons. The molecular formula is C18H16BrNO. The van der Waals surface area contributed by atoms with E-state index in [1.165, 1.54) is 5.39 Å². The molecule has 3 aromatic carbocycles. The van der Waals surface area contributed by atoms with E-state index in [0.29, 0.717) is 0 Å². The van der Waals surface area contributed by atoms with Crippen molar-refractivity contribution < 1.29 is 4.74 Å². The Labute approximate surface area is 132 Å². The zero-order valence-corrected chi connectivity index (χ0v) is 13.3. The summed E-state index contributed by atoms with van der Waals surface area (Å²) in [5, 5.41) is 2.32. The quantitative estimate of drug-likeness (QED) is 0.690. The van der Waals surface area contributed by atoms with E-state index in [9.17, 15) is 0 Å². The third kappa shape index (κ3) is 2.94. The molecule has 0 saturated carbocycles. The molecule has 0 saturated heterocycles. The van der Waals surface area contributed by atoms with Crippen LogP contribution in [0.1, 0.15) is 18.5 Å². The van der Waals surface area contributed by atoms with Crippen molar-refractivity contribution in [2.45, 2.75) is 13.0 Å². The van der Waals surface area contributed by atoms with Crippen molar-refractivity contribution in [1.82, 2.24) is 0 Å². The third-order valence-electron chi connectivity index (χ3n) is 3.44. The van der Waals surface area contributed by atoms with E-state index in [4.69, 9.17) is 10.5 Å². The lowest BCUT2D eigenvalue weighted by Crippen LogP contribution is -2.04. The van der Waals surface area contributed by atoms with E-state index in [1.54, 1.807) is 0 Å². The number of ether oxygens (including phenoxy) is 1. The molecule has 3 heteroatoms. The van der Waals surface area contributed by atoms with Gasteiger partial charge in [-0.15, -0.1) is 0 Å². The maximum absolute atomic E-state index is 6.01. The van der Waals surface area contributed by atoms with Crippen molar-refractivity contribution in [2.24, 2.45) is 5.73 Å². The van der Waals surface area contributed by atoms with Crippen LogP contribution in [-0.4, -0.2) is 0 Å². The summed E-state index contributed by atoms with van der Waals surface area (Å²) in [5.74, 6) is 1.59. The molecule has 2 nitrogen and oxygen atoms in total. The second kappa shape index (κ2) is 5.88. The fourth-order valence-electron chi connectivity index (χ4n) is 2.28. The molecule has 0 aliphatic carbocycles. The van der Waals surface area contributed by atoms with E-state index >= 15 is 0 Å². The number of rotatable bonds is 3. The van der Waals surface area contributed by atoms with Crippen LogP contribution in [-0.2, 0) is 0 Å². The predicted octanol–water partition coefficient (Wildman–Crippen LogP) is 5.41. The minimum absolute atomic E-state index is 0.00593. The molecular weight excluding hydrogens is 326 g/mol. The first-order valence-electron chi connectivity index (χ1n) is 6.86. The van der Waals surface area contributed by atoms with Gasteiger partial charge < -0.3 is 10.5 Å². The summed E-state index contributed by atoms with van der Waals surface area (Å²) in [6, 6.07) is 20.1. The molecule has 3 aromatic rings. The highest BCUT2D eigenvalue weighted by Gasteiger charge is 2.08. The molecule has 2 N–H and O–H groups in total. The zero-order chi connectivity index (χ0) is 14.8. The Morgan fingerprint density at radius 2 is 1.81 bits per heavy atom. The van der Waals surface area contributed by atoms with Crippen molar-refractivity contribution in [3.05, 3.63) is 70.7 Å². The van der Waals surface area contributed by atoms with Crippen LogP contribution < -0.4 is 10.5 Å². The molecule has 0 amide bonds. The summed E-state index contributed by atoms with van der Waals surface area (Å²) in [7, 11) is 0. The SMILES string of the molecule is CC(N)c1cccc(Oc2ccc3ccccc3c2Br)c1. The van der Waals surface area contributed by atoms with Crippen LogP contribution in [0.15, 0.2) is 65.1 Å². The first kappa shape index (κ1) is 14.1. The van der Waals surface area contributed by atoms with Gasteiger partial charge in [-0.25, -0.2) is 0 Å². The largest absolute Gasteiger partial charge is 0.456 e. The van der Waals surface area contributed by atoms with Gasteiger partial charge in [-0.05, 0) is 57.4 Å². The Morgan fingerprint density at radius 1 is 1.00 bits per heavy atom. The van der Waals surface area contributed by atoms with Gasteiger partial charge in [0.1, 0.15) is 11.5 Å². The fourth-order valence-corrected chi connectivity index (χ4v) is 2.85. The van der Waals surface area contributed by atoms with Crippen LogP contribution in [0.5, 0.6) is 11.5 Å². The van der Waals surface area contributed by atoms with E-state index in [2.05, 4.69) is 34.1 Å². The normalized spacial score (nSPS) is 12.3. The summed E-state index contributed by atoms with van der Waals surface area (Å²) >= 11 is 3.64. The number of hydrogen-bond acceptors (Lipinski definition) is 2. The fraction of sp³-hybridized carbons (Fsp3) is 0.111. The Balaban J connectivity index is 1.98. The Bertz CT molecular complexity index is 783. The second-order valence-electron chi connectivity index (χ2n) is 5.06. The monoisotopic (exact) mass is 341 g/mol. The molecule has 0 spiro atoms. The Morgan fingerprint density at radius 3 is 2.62 bits per heavy atom. The standard InChI is InChI=1S/C18H16BrNO/c1-12(20)14-6-4-7-15(11-14)21-17-10-9-13-5-2-3-8-16(13)18(17)19/h2-12H,20H2,1H3. The molecule has 1 atom stereocenters. The van der Waals surface area contributed by atoms with E-state index in [1.807, 2.05) is 49.4 Å². The van der Waals surface area contributed by atoms with Gasteiger partial charge in [0.25, 0.3) is 0 Å². The van der Waals surface area contributed by atoms with Crippen molar-refractivity contribution >= 4 is 26.7 Å². The van der Waals surface area contributed by atoms with Crippen molar-refractivity contribution in [2.75, 3.05) is 0 Å².